The highest BCUT2D eigenvalue weighted by Crippen LogP contribution is 2.31. The lowest BCUT2D eigenvalue weighted by atomic mass is 10.1. The maximum Gasteiger partial charge on any atom is 0.335 e. The number of methoxy groups -OCH3 is 1. The van der Waals surface area contributed by atoms with Crippen molar-refractivity contribution >= 4 is 41.3 Å². The van der Waals surface area contributed by atoms with Crippen molar-refractivity contribution in [3.8, 4) is 5.75 Å². The Morgan fingerprint density at radius 3 is 2.48 bits per heavy atom. The van der Waals surface area contributed by atoms with Gasteiger partial charge in [-0.2, -0.15) is 0 Å². The minimum Gasteiger partial charge on any atom is -0.495 e. The van der Waals surface area contributed by atoms with Crippen LogP contribution in [-0.4, -0.2) is 28.2 Å². The average Bonchev–Trinajstić information content (AvgIpc) is 2.47. The van der Waals surface area contributed by atoms with E-state index in [9.17, 15) is 4.79 Å². The number of aromatic carboxylic acids is 1. The molecule has 108 valence electrons. The molecule has 0 saturated heterocycles. The van der Waals surface area contributed by atoms with E-state index in [4.69, 9.17) is 33.0 Å². The number of benzene rings is 1. The van der Waals surface area contributed by atoms with Crippen LogP contribution in [0.3, 0.4) is 0 Å². The number of rotatable bonds is 4. The monoisotopic (exact) mass is 324 g/mol. The maximum atomic E-state index is 11.1. The molecule has 0 bridgehead atoms. The molecule has 21 heavy (non-hydrogen) atoms. The summed E-state index contributed by atoms with van der Waals surface area (Å²) in [5.74, 6) is -0.766. The van der Waals surface area contributed by atoms with Crippen LogP contribution in [0, 0.1) is 0 Å². The van der Waals surface area contributed by atoms with Gasteiger partial charge < -0.3 is 9.84 Å². The lowest BCUT2D eigenvalue weighted by Gasteiger charge is -2.07. The van der Waals surface area contributed by atoms with Crippen LogP contribution in [0.5, 0.6) is 5.75 Å². The Morgan fingerprint density at radius 2 is 1.90 bits per heavy atom. The Balaban J connectivity index is 2.40. The fourth-order valence-corrected chi connectivity index (χ4v) is 1.95. The number of halogens is 2. The molecule has 1 aromatic heterocycles. The van der Waals surface area contributed by atoms with E-state index in [1.54, 1.807) is 12.2 Å². The predicted octanol–water partition coefficient (Wildman–Crippen LogP) is 3.66. The average molecular weight is 325 g/mol. The van der Waals surface area contributed by atoms with Crippen LogP contribution in [-0.2, 0) is 0 Å². The Labute approximate surface area is 130 Å². The number of hydrogen-bond donors (Lipinski definition) is 1. The molecule has 0 fully saturated rings. The van der Waals surface area contributed by atoms with Crippen molar-refractivity contribution in [1.29, 1.82) is 0 Å². The van der Waals surface area contributed by atoms with E-state index in [1.165, 1.54) is 31.6 Å². The van der Waals surface area contributed by atoms with Gasteiger partial charge >= 0.3 is 5.97 Å². The summed E-state index contributed by atoms with van der Waals surface area (Å²) in [6, 6.07) is 2.83. The van der Waals surface area contributed by atoms with Crippen molar-refractivity contribution in [3.63, 3.8) is 0 Å². The van der Waals surface area contributed by atoms with E-state index in [1.807, 2.05) is 0 Å². The van der Waals surface area contributed by atoms with Crippen molar-refractivity contribution in [1.82, 2.24) is 9.97 Å². The van der Waals surface area contributed by atoms with E-state index in [0.717, 1.165) is 0 Å². The molecular weight excluding hydrogens is 315 g/mol. The van der Waals surface area contributed by atoms with Crippen LogP contribution < -0.4 is 4.74 Å². The van der Waals surface area contributed by atoms with Crippen LogP contribution in [0.2, 0.25) is 10.3 Å². The van der Waals surface area contributed by atoms with Gasteiger partial charge in [0.25, 0.3) is 0 Å². The molecule has 2 aromatic rings. The molecule has 5 nitrogen and oxygen atoms in total. The summed E-state index contributed by atoms with van der Waals surface area (Å²) >= 11 is 11.8. The molecule has 2 rings (SSSR count). The summed E-state index contributed by atoms with van der Waals surface area (Å²) in [5.41, 5.74) is 1.31. The molecule has 1 aromatic carbocycles. The van der Waals surface area contributed by atoms with Crippen molar-refractivity contribution in [2.75, 3.05) is 7.11 Å². The summed E-state index contributed by atoms with van der Waals surface area (Å²) in [6.07, 6.45) is 6.43. The van der Waals surface area contributed by atoms with Crippen molar-refractivity contribution in [2.24, 2.45) is 0 Å². The van der Waals surface area contributed by atoms with Crippen LogP contribution in [0.4, 0.5) is 0 Å². The fourth-order valence-electron chi connectivity index (χ4n) is 1.61. The molecular formula is C14H10Cl2N2O3. The molecule has 0 amide bonds. The van der Waals surface area contributed by atoms with Gasteiger partial charge in [0.2, 0.25) is 5.28 Å². The second-order valence-corrected chi connectivity index (χ2v) is 4.72. The number of carboxylic acid groups (broad SMARTS) is 1. The lowest BCUT2D eigenvalue weighted by Crippen LogP contribution is -1.98. The van der Waals surface area contributed by atoms with Gasteiger partial charge in [-0.3, -0.25) is 0 Å². The maximum absolute atomic E-state index is 11.1. The number of hydrogen-bond acceptors (Lipinski definition) is 4. The number of carbonyl (C=O) groups is 1. The summed E-state index contributed by atoms with van der Waals surface area (Å²) in [4.78, 5) is 18.8. The number of ether oxygens (including phenoxy) is 1. The first kappa shape index (κ1) is 15.3. The summed E-state index contributed by atoms with van der Waals surface area (Å²) < 4.78 is 5.07. The van der Waals surface area contributed by atoms with Crippen LogP contribution in [0.25, 0.3) is 12.2 Å². The quantitative estimate of drug-likeness (QED) is 0.869. The third-order valence-corrected chi connectivity index (χ3v) is 3.23. The molecule has 0 aliphatic heterocycles. The molecule has 0 spiro atoms. The Morgan fingerprint density at radius 1 is 1.24 bits per heavy atom. The van der Waals surface area contributed by atoms with Gasteiger partial charge in [0, 0.05) is 18.0 Å². The number of nitrogens with zero attached hydrogens (tertiary/aromatic N) is 2. The van der Waals surface area contributed by atoms with Crippen molar-refractivity contribution < 1.29 is 14.6 Å². The second kappa shape index (κ2) is 6.56. The van der Waals surface area contributed by atoms with Gasteiger partial charge in [-0.15, -0.1) is 0 Å². The standard InChI is InChI=1S/C14H10Cl2N2O3/c1-21-11-5-10(13(19)20)4-9(12(11)15)3-2-8-6-17-14(16)18-7-8/h2-7H,1H3,(H,19,20). The zero-order valence-corrected chi connectivity index (χ0v) is 12.4. The van der Waals surface area contributed by atoms with Gasteiger partial charge in [-0.25, -0.2) is 14.8 Å². The molecule has 1 N–H and O–H groups in total. The van der Waals surface area contributed by atoms with Gasteiger partial charge in [0.1, 0.15) is 5.75 Å². The van der Waals surface area contributed by atoms with Crippen molar-refractivity contribution in [2.45, 2.75) is 0 Å². The van der Waals surface area contributed by atoms with E-state index in [2.05, 4.69) is 9.97 Å². The van der Waals surface area contributed by atoms with E-state index < -0.39 is 5.97 Å². The van der Waals surface area contributed by atoms with Gasteiger partial charge in [0.15, 0.2) is 0 Å². The highest BCUT2D eigenvalue weighted by molar-refractivity contribution is 6.33. The first-order valence-electron chi connectivity index (χ1n) is 5.77. The minimum absolute atomic E-state index is 0.0863. The third-order valence-electron chi connectivity index (χ3n) is 2.63. The fraction of sp³-hybridized carbons (Fsp3) is 0.0714. The topological polar surface area (TPSA) is 72.3 Å². The predicted molar refractivity (Wildman–Crippen MR) is 80.9 cm³/mol. The zero-order chi connectivity index (χ0) is 15.4. The highest BCUT2D eigenvalue weighted by Gasteiger charge is 2.12. The van der Waals surface area contributed by atoms with Gasteiger partial charge in [-0.05, 0) is 29.3 Å². The van der Waals surface area contributed by atoms with E-state index >= 15 is 0 Å². The molecule has 0 unspecified atom stereocenters. The molecule has 0 aliphatic rings. The molecule has 7 heteroatoms. The molecule has 0 saturated carbocycles. The Kier molecular flexibility index (Phi) is 4.77. The minimum atomic E-state index is -1.06. The van der Waals surface area contributed by atoms with E-state index in [0.29, 0.717) is 21.9 Å². The SMILES string of the molecule is COc1cc(C(=O)O)cc(C=Cc2cnc(Cl)nc2)c1Cl. The third kappa shape index (κ3) is 3.71. The van der Waals surface area contributed by atoms with Crippen LogP contribution >= 0.6 is 23.2 Å². The molecule has 0 atom stereocenters. The summed E-state index contributed by atoms with van der Waals surface area (Å²) in [7, 11) is 1.42. The number of carboxylic acids is 1. The summed E-state index contributed by atoms with van der Waals surface area (Å²) in [6.45, 7) is 0. The largest absolute Gasteiger partial charge is 0.495 e. The van der Waals surface area contributed by atoms with Crippen molar-refractivity contribution in [3.05, 3.63) is 51.5 Å². The summed E-state index contributed by atoms with van der Waals surface area (Å²) in [5, 5.41) is 9.56. The normalized spacial score (nSPS) is 10.8. The van der Waals surface area contributed by atoms with Gasteiger partial charge in [-0.1, -0.05) is 23.8 Å². The Bertz CT molecular complexity index is 700. The molecule has 0 aliphatic carbocycles. The van der Waals surface area contributed by atoms with Crippen LogP contribution in [0.15, 0.2) is 24.5 Å². The Hall–Kier alpha value is -2.11. The zero-order valence-electron chi connectivity index (χ0n) is 10.9. The lowest BCUT2D eigenvalue weighted by molar-refractivity contribution is 0.0696. The first-order valence-corrected chi connectivity index (χ1v) is 6.53. The number of aromatic nitrogens is 2. The highest BCUT2D eigenvalue weighted by atomic mass is 35.5. The molecule has 1 heterocycles. The van der Waals surface area contributed by atoms with E-state index in [-0.39, 0.29) is 10.8 Å². The van der Waals surface area contributed by atoms with Gasteiger partial charge in [0.05, 0.1) is 17.7 Å². The van der Waals surface area contributed by atoms with Crippen LogP contribution in [0.1, 0.15) is 21.5 Å². The first-order chi connectivity index (χ1) is 10.0. The smallest absolute Gasteiger partial charge is 0.335 e. The molecule has 0 radical (unpaired) electrons. The second-order valence-electron chi connectivity index (χ2n) is 4.01.